The van der Waals surface area contributed by atoms with E-state index in [9.17, 15) is 0 Å². The van der Waals surface area contributed by atoms with E-state index in [0.29, 0.717) is 5.92 Å². The SMILES string of the molecule is CC1CCC(CN)(N(C)CC2CCCOC2)CC1C. The first-order valence-corrected chi connectivity index (χ1v) is 8.06. The van der Waals surface area contributed by atoms with Gasteiger partial charge in [-0.2, -0.15) is 0 Å². The molecule has 0 bridgehead atoms. The van der Waals surface area contributed by atoms with Gasteiger partial charge in [0, 0.05) is 25.2 Å². The minimum absolute atomic E-state index is 0.239. The van der Waals surface area contributed by atoms with Crippen LogP contribution >= 0.6 is 0 Å². The third kappa shape index (κ3) is 3.50. The van der Waals surface area contributed by atoms with Gasteiger partial charge in [-0.15, -0.1) is 0 Å². The van der Waals surface area contributed by atoms with Crippen LogP contribution in [-0.4, -0.2) is 43.8 Å². The van der Waals surface area contributed by atoms with Gasteiger partial charge in [0.1, 0.15) is 0 Å². The molecule has 0 aromatic rings. The molecule has 2 N–H and O–H groups in total. The lowest BCUT2D eigenvalue weighted by molar-refractivity contribution is -0.00427. The van der Waals surface area contributed by atoms with Crippen LogP contribution in [0, 0.1) is 17.8 Å². The molecule has 1 saturated carbocycles. The van der Waals surface area contributed by atoms with E-state index in [1.165, 1.54) is 32.1 Å². The molecule has 4 unspecified atom stereocenters. The molecule has 2 fully saturated rings. The Labute approximate surface area is 118 Å². The maximum atomic E-state index is 6.18. The van der Waals surface area contributed by atoms with Crippen LogP contribution in [0.3, 0.4) is 0 Å². The van der Waals surface area contributed by atoms with Gasteiger partial charge >= 0.3 is 0 Å². The van der Waals surface area contributed by atoms with E-state index in [1.54, 1.807) is 0 Å². The highest BCUT2D eigenvalue weighted by molar-refractivity contribution is 4.96. The zero-order valence-electron chi connectivity index (χ0n) is 13.0. The van der Waals surface area contributed by atoms with Gasteiger partial charge in [0.05, 0.1) is 6.61 Å². The minimum Gasteiger partial charge on any atom is -0.381 e. The summed E-state index contributed by atoms with van der Waals surface area (Å²) in [5, 5.41) is 0. The van der Waals surface area contributed by atoms with Crippen LogP contribution in [0.1, 0.15) is 46.0 Å². The van der Waals surface area contributed by atoms with Crippen molar-refractivity contribution >= 4 is 0 Å². The summed E-state index contributed by atoms with van der Waals surface area (Å²) in [6.45, 7) is 8.63. The normalized spacial score (nSPS) is 40.6. The fourth-order valence-electron chi connectivity index (χ4n) is 3.90. The molecule has 1 aliphatic heterocycles. The third-order valence-electron chi connectivity index (χ3n) is 5.71. The van der Waals surface area contributed by atoms with Crippen LogP contribution in [0.4, 0.5) is 0 Å². The molecule has 2 aliphatic rings. The minimum atomic E-state index is 0.239. The zero-order chi connectivity index (χ0) is 13.9. The van der Waals surface area contributed by atoms with Gasteiger partial charge in [-0.05, 0) is 56.9 Å². The second-order valence-electron chi connectivity index (χ2n) is 7.09. The monoisotopic (exact) mass is 268 g/mol. The molecule has 0 aromatic carbocycles. The number of hydrogen-bond acceptors (Lipinski definition) is 3. The lowest BCUT2D eigenvalue weighted by Gasteiger charge is -2.49. The van der Waals surface area contributed by atoms with Gasteiger partial charge in [0.25, 0.3) is 0 Å². The fraction of sp³-hybridized carbons (Fsp3) is 1.00. The molecule has 0 amide bonds. The molecular formula is C16H32N2O. The fourth-order valence-corrected chi connectivity index (χ4v) is 3.90. The maximum absolute atomic E-state index is 6.18. The topological polar surface area (TPSA) is 38.5 Å². The van der Waals surface area contributed by atoms with E-state index in [1.807, 2.05) is 0 Å². The zero-order valence-corrected chi connectivity index (χ0v) is 13.0. The Morgan fingerprint density at radius 1 is 1.26 bits per heavy atom. The van der Waals surface area contributed by atoms with Crippen LogP contribution in [0.15, 0.2) is 0 Å². The Bertz CT molecular complexity index is 278. The predicted octanol–water partition coefficient (Wildman–Crippen LogP) is 2.50. The summed E-state index contributed by atoms with van der Waals surface area (Å²) in [5.41, 5.74) is 6.42. The van der Waals surface area contributed by atoms with Crippen molar-refractivity contribution in [1.29, 1.82) is 0 Å². The molecule has 0 radical (unpaired) electrons. The Balaban J connectivity index is 1.95. The summed E-state index contributed by atoms with van der Waals surface area (Å²) >= 11 is 0. The van der Waals surface area contributed by atoms with Crippen molar-refractivity contribution in [3.05, 3.63) is 0 Å². The lowest BCUT2D eigenvalue weighted by atomic mass is 9.70. The molecule has 1 aliphatic carbocycles. The van der Waals surface area contributed by atoms with Crippen molar-refractivity contribution < 1.29 is 4.74 Å². The van der Waals surface area contributed by atoms with Crippen LogP contribution in [-0.2, 0) is 4.74 Å². The molecule has 3 nitrogen and oxygen atoms in total. The molecule has 0 spiro atoms. The van der Waals surface area contributed by atoms with Crippen molar-refractivity contribution in [3.8, 4) is 0 Å². The summed E-state index contributed by atoms with van der Waals surface area (Å²) in [4.78, 5) is 2.56. The summed E-state index contributed by atoms with van der Waals surface area (Å²) in [7, 11) is 2.28. The number of likely N-dealkylation sites (N-methyl/N-ethyl adjacent to an activating group) is 1. The molecule has 19 heavy (non-hydrogen) atoms. The van der Waals surface area contributed by atoms with Crippen LogP contribution in [0.2, 0.25) is 0 Å². The number of ether oxygens (including phenoxy) is 1. The second-order valence-corrected chi connectivity index (χ2v) is 7.09. The number of nitrogens with two attached hydrogens (primary N) is 1. The van der Waals surface area contributed by atoms with Gasteiger partial charge in [-0.1, -0.05) is 13.8 Å². The molecule has 0 aromatic heterocycles. The Hall–Kier alpha value is -0.120. The highest BCUT2D eigenvalue weighted by Crippen LogP contribution is 2.39. The van der Waals surface area contributed by atoms with Crippen LogP contribution in [0.5, 0.6) is 0 Å². The van der Waals surface area contributed by atoms with Crippen molar-refractivity contribution in [1.82, 2.24) is 4.90 Å². The summed E-state index contributed by atoms with van der Waals surface area (Å²) in [6, 6.07) is 0. The average molecular weight is 268 g/mol. The van der Waals surface area contributed by atoms with Gasteiger partial charge in [0.15, 0.2) is 0 Å². The molecule has 1 heterocycles. The van der Waals surface area contributed by atoms with Crippen LogP contribution in [0.25, 0.3) is 0 Å². The van der Waals surface area contributed by atoms with E-state index in [4.69, 9.17) is 10.5 Å². The van der Waals surface area contributed by atoms with E-state index >= 15 is 0 Å². The highest BCUT2D eigenvalue weighted by Gasteiger charge is 2.40. The number of nitrogens with zero attached hydrogens (tertiary/aromatic N) is 1. The molecule has 2 rings (SSSR count). The molecule has 1 saturated heterocycles. The van der Waals surface area contributed by atoms with Gasteiger partial charge < -0.3 is 10.5 Å². The quantitative estimate of drug-likeness (QED) is 0.851. The summed E-state index contributed by atoms with van der Waals surface area (Å²) in [6.07, 6.45) is 6.39. The molecule has 4 atom stereocenters. The second kappa shape index (κ2) is 6.55. The van der Waals surface area contributed by atoms with Crippen molar-refractivity contribution in [3.63, 3.8) is 0 Å². The standard InChI is InChI=1S/C16H32N2O/c1-13-6-7-16(12-17,9-14(13)2)18(3)10-15-5-4-8-19-11-15/h13-15H,4-12,17H2,1-3H3. The van der Waals surface area contributed by atoms with E-state index in [-0.39, 0.29) is 5.54 Å². The number of hydrogen-bond donors (Lipinski definition) is 1. The van der Waals surface area contributed by atoms with Gasteiger partial charge in [0.2, 0.25) is 0 Å². The Kier molecular flexibility index (Phi) is 5.27. The molecular weight excluding hydrogens is 236 g/mol. The van der Waals surface area contributed by atoms with Crippen molar-refractivity contribution in [2.24, 2.45) is 23.5 Å². The smallest absolute Gasteiger partial charge is 0.0506 e. The first-order chi connectivity index (χ1) is 9.07. The Morgan fingerprint density at radius 3 is 2.63 bits per heavy atom. The first-order valence-electron chi connectivity index (χ1n) is 8.06. The van der Waals surface area contributed by atoms with Crippen molar-refractivity contribution in [2.45, 2.75) is 51.5 Å². The summed E-state index contributed by atoms with van der Waals surface area (Å²) < 4.78 is 5.62. The lowest BCUT2D eigenvalue weighted by Crippen LogP contribution is -2.57. The predicted molar refractivity (Wildman–Crippen MR) is 80.1 cm³/mol. The van der Waals surface area contributed by atoms with E-state index in [0.717, 1.165) is 38.1 Å². The van der Waals surface area contributed by atoms with E-state index in [2.05, 4.69) is 25.8 Å². The average Bonchev–Trinajstić information content (AvgIpc) is 2.43. The van der Waals surface area contributed by atoms with Gasteiger partial charge in [-0.3, -0.25) is 4.90 Å². The van der Waals surface area contributed by atoms with Crippen molar-refractivity contribution in [2.75, 3.05) is 33.4 Å². The highest BCUT2D eigenvalue weighted by atomic mass is 16.5. The first kappa shape index (κ1) is 15.3. The largest absolute Gasteiger partial charge is 0.381 e. The molecule has 112 valence electrons. The maximum Gasteiger partial charge on any atom is 0.0506 e. The summed E-state index contributed by atoms with van der Waals surface area (Å²) in [5.74, 6) is 2.35. The third-order valence-corrected chi connectivity index (χ3v) is 5.71. The molecule has 3 heteroatoms. The van der Waals surface area contributed by atoms with E-state index < -0.39 is 0 Å². The number of rotatable bonds is 4. The Morgan fingerprint density at radius 2 is 2.05 bits per heavy atom. The van der Waals surface area contributed by atoms with Crippen LogP contribution < -0.4 is 5.73 Å². The van der Waals surface area contributed by atoms with Gasteiger partial charge in [-0.25, -0.2) is 0 Å².